The van der Waals surface area contributed by atoms with Gasteiger partial charge in [0.1, 0.15) is 24.7 Å². The summed E-state index contributed by atoms with van der Waals surface area (Å²) in [5, 5.41) is 24.4. The van der Waals surface area contributed by atoms with Gasteiger partial charge < -0.3 is 24.7 Å². The molecule has 0 radical (unpaired) electrons. The molecular weight excluding hydrogens is 541 g/mol. The molecule has 5 aromatic rings. The number of rotatable bonds is 11. The third-order valence-corrected chi connectivity index (χ3v) is 6.33. The molecule has 0 aliphatic carbocycles. The van der Waals surface area contributed by atoms with E-state index in [0.717, 1.165) is 23.2 Å². The van der Waals surface area contributed by atoms with Crippen molar-refractivity contribution < 1.29 is 37.7 Å². The first-order chi connectivity index (χ1) is 19.7. The molecule has 0 spiro atoms. The fourth-order valence-electron chi connectivity index (χ4n) is 4.31. The highest BCUT2D eigenvalue weighted by Gasteiger charge is 2.30. The van der Waals surface area contributed by atoms with Crippen LogP contribution in [-0.4, -0.2) is 55.8 Å². The highest BCUT2D eigenvalue weighted by molar-refractivity contribution is 5.76. The Hall–Kier alpha value is -4.84. The van der Waals surface area contributed by atoms with Gasteiger partial charge in [-0.15, -0.1) is 0 Å². The van der Waals surface area contributed by atoms with Crippen LogP contribution in [-0.2, 0) is 28.5 Å². The number of carboxylic acid groups (broad SMARTS) is 1. The first-order valence-corrected chi connectivity index (χ1v) is 12.6. The second-order valence-corrected chi connectivity index (χ2v) is 9.15. The number of nitrogens with zero attached hydrogens (tertiary/aromatic N) is 3. The number of nitrogens with one attached hydrogen (secondary N) is 1. The van der Waals surface area contributed by atoms with Gasteiger partial charge in [-0.3, -0.25) is 0 Å². The summed E-state index contributed by atoms with van der Waals surface area (Å²) < 4.78 is 51.2. The van der Waals surface area contributed by atoms with Crippen LogP contribution >= 0.6 is 0 Å². The summed E-state index contributed by atoms with van der Waals surface area (Å²) in [5.41, 5.74) is 2.79. The topological polar surface area (TPSA) is 122 Å². The fourth-order valence-corrected chi connectivity index (χ4v) is 4.31. The van der Waals surface area contributed by atoms with Crippen molar-refractivity contribution >= 4 is 17.0 Å². The maximum Gasteiger partial charge on any atom is 0.416 e. The number of ether oxygens (including phenoxy) is 2. The molecule has 0 amide bonds. The number of carbonyl (C=O) groups is 1. The van der Waals surface area contributed by atoms with Crippen molar-refractivity contribution in [2.24, 2.45) is 0 Å². The summed E-state index contributed by atoms with van der Waals surface area (Å²) in [5.74, 6) is -0.360. The van der Waals surface area contributed by atoms with Crippen molar-refractivity contribution in [3.05, 3.63) is 89.5 Å². The molecule has 3 N–H and O–H groups in total. The molecule has 0 aliphatic rings. The van der Waals surface area contributed by atoms with Crippen LogP contribution in [0.1, 0.15) is 16.7 Å². The van der Waals surface area contributed by atoms with E-state index in [-0.39, 0.29) is 25.0 Å². The summed E-state index contributed by atoms with van der Waals surface area (Å²) in [6.45, 7) is -0.0657. The summed E-state index contributed by atoms with van der Waals surface area (Å²) in [6, 6.07) is 19.2. The number of hydrogen-bond acceptors (Lipinski definition) is 6. The molecular formula is C29H25F3N4O5. The zero-order valence-corrected chi connectivity index (χ0v) is 21.6. The number of imidazole rings is 1. The van der Waals surface area contributed by atoms with Crippen molar-refractivity contribution in [3.63, 3.8) is 0 Å². The monoisotopic (exact) mass is 566 g/mol. The van der Waals surface area contributed by atoms with Gasteiger partial charge in [0.2, 0.25) is 11.8 Å². The van der Waals surface area contributed by atoms with Crippen LogP contribution in [0.4, 0.5) is 13.2 Å². The van der Waals surface area contributed by atoms with Crippen LogP contribution in [0.15, 0.2) is 72.8 Å². The van der Waals surface area contributed by atoms with Crippen LogP contribution in [0.25, 0.3) is 28.2 Å². The maximum atomic E-state index is 13.2. The number of carboxylic acids is 1. The number of para-hydroxylation sites is 2. The lowest BCUT2D eigenvalue weighted by Crippen LogP contribution is -2.12. The minimum atomic E-state index is -4.47. The minimum absolute atomic E-state index is 0.134. The van der Waals surface area contributed by atoms with E-state index in [1.54, 1.807) is 12.1 Å². The van der Waals surface area contributed by atoms with Gasteiger partial charge in [-0.1, -0.05) is 36.4 Å². The molecule has 9 nitrogen and oxygen atoms in total. The summed E-state index contributed by atoms with van der Waals surface area (Å²) in [7, 11) is 0. The van der Waals surface area contributed by atoms with Crippen LogP contribution < -0.4 is 4.74 Å². The Morgan fingerprint density at radius 3 is 2.37 bits per heavy atom. The zero-order chi connectivity index (χ0) is 29.0. The Labute approximate surface area is 231 Å². The third kappa shape index (κ3) is 6.49. The molecule has 2 heterocycles. The molecule has 0 saturated carbocycles. The summed E-state index contributed by atoms with van der Waals surface area (Å²) >= 11 is 0. The lowest BCUT2D eigenvalue weighted by Gasteiger charge is -2.09. The van der Waals surface area contributed by atoms with Crippen molar-refractivity contribution in [2.75, 3.05) is 19.8 Å². The number of fused-ring (bicyclic) bond motifs is 1. The van der Waals surface area contributed by atoms with Crippen LogP contribution in [0.5, 0.6) is 11.6 Å². The average Bonchev–Trinajstić information content (AvgIpc) is 3.52. The number of aromatic nitrogens is 4. The smallest absolute Gasteiger partial charge is 0.416 e. The number of aliphatic carboxylic acids is 1. The number of hydrogen-bond donors (Lipinski definition) is 3. The Morgan fingerprint density at radius 2 is 1.68 bits per heavy atom. The molecule has 3 aromatic carbocycles. The first-order valence-electron chi connectivity index (χ1n) is 12.6. The summed E-state index contributed by atoms with van der Waals surface area (Å²) in [4.78, 5) is 18.1. The molecule has 5 rings (SSSR count). The highest BCUT2D eigenvalue weighted by Crippen LogP contribution is 2.35. The van der Waals surface area contributed by atoms with E-state index in [1.807, 2.05) is 36.4 Å². The maximum absolute atomic E-state index is 13.2. The number of aromatic amines is 1. The standard InChI is InChI=1S/C29H25F3N4O5/c30-29(31,32)20-10-8-19(9-11-20)26-22(27(39)36(35-26)28-33-23-3-1-2-4-24(23)34-28)14-7-18-5-12-21(13-6-18)41-16-15-40-17-25(37)38/h1-6,8-13,39H,7,14-17H2,(H,33,34)(H,37,38). The average molecular weight is 567 g/mol. The molecule has 0 saturated heterocycles. The Kier molecular flexibility index (Phi) is 7.92. The highest BCUT2D eigenvalue weighted by atomic mass is 19.4. The number of alkyl halides is 3. The zero-order valence-electron chi connectivity index (χ0n) is 21.6. The Morgan fingerprint density at radius 1 is 0.951 bits per heavy atom. The van der Waals surface area contributed by atoms with Gasteiger partial charge in [-0.05, 0) is 54.8 Å². The van der Waals surface area contributed by atoms with Crippen LogP contribution in [0.3, 0.4) is 0 Å². The van der Waals surface area contributed by atoms with Gasteiger partial charge >= 0.3 is 12.1 Å². The van der Waals surface area contributed by atoms with Crippen LogP contribution in [0.2, 0.25) is 0 Å². The second kappa shape index (κ2) is 11.7. The van der Waals surface area contributed by atoms with E-state index >= 15 is 0 Å². The van der Waals surface area contributed by atoms with Crippen molar-refractivity contribution in [3.8, 4) is 28.8 Å². The third-order valence-electron chi connectivity index (χ3n) is 6.33. The van der Waals surface area contributed by atoms with E-state index in [2.05, 4.69) is 15.1 Å². The van der Waals surface area contributed by atoms with Gasteiger partial charge in [-0.25, -0.2) is 9.78 Å². The van der Waals surface area contributed by atoms with E-state index < -0.39 is 24.3 Å². The predicted octanol–water partition coefficient (Wildman–Crippen LogP) is 5.41. The SMILES string of the molecule is O=C(O)COCCOc1ccc(CCc2c(-c3ccc(C(F)(F)F)cc3)nn(-c3nc4ccccc4[nH]3)c2O)cc1. The van der Waals surface area contributed by atoms with E-state index in [9.17, 15) is 23.1 Å². The van der Waals surface area contributed by atoms with Gasteiger partial charge in [-0.2, -0.15) is 23.0 Å². The number of aromatic hydroxyl groups is 1. The van der Waals surface area contributed by atoms with Gasteiger partial charge in [0.15, 0.2) is 0 Å². The fraction of sp³-hybridized carbons (Fsp3) is 0.207. The van der Waals surface area contributed by atoms with E-state index in [4.69, 9.17) is 14.6 Å². The van der Waals surface area contributed by atoms with E-state index in [1.165, 1.54) is 16.8 Å². The number of H-pyrrole nitrogens is 1. The molecule has 0 atom stereocenters. The lowest BCUT2D eigenvalue weighted by molar-refractivity contribution is -0.142. The Balaban J connectivity index is 1.38. The molecule has 0 bridgehead atoms. The predicted molar refractivity (Wildman–Crippen MR) is 143 cm³/mol. The molecule has 12 heteroatoms. The molecule has 0 aliphatic heterocycles. The number of halogens is 3. The molecule has 212 valence electrons. The molecule has 41 heavy (non-hydrogen) atoms. The van der Waals surface area contributed by atoms with Crippen molar-refractivity contribution in [1.29, 1.82) is 0 Å². The minimum Gasteiger partial charge on any atom is -0.493 e. The van der Waals surface area contributed by atoms with Gasteiger partial charge in [0.25, 0.3) is 0 Å². The first kappa shape index (κ1) is 27.7. The van der Waals surface area contributed by atoms with Gasteiger partial charge in [0.05, 0.1) is 23.2 Å². The van der Waals surface area contributed by atoms with Crippen molar-refractivity contribution in [2.45, 2.75) is 19.0 Å². The number of benzene rings is 3. The normalized spacial score (nSPS) is 11.7. The quantitative estimate of drug-likeness (QED) is 0.183. The second-order valence-electron chi connectivity index (χ2n) is 9.15. The van der Waals surface area contributed by atoms with Crippen molar-refractivity contribution in [1.82, 2.24) is 19.7 Å². The number of aryl methyl sites for hydroxylation is 1. The lowest BCUT2D eigenvalue weighted by atomic mass is 10.00. The summed E-state index contributed by atoms with van der Waals surface area (Å²) in [6.07, 6.45) is -3.64. The molecule has 0 fully saturated rings. The molecule has 0 unspecified atom stereocenters. The Bertz CT molecular complexity index is 1610. The van der Waals surface area contributed by atoms with Gasteiger partial charge in [0, 0.05) is 11.1 Å². The van der Waals surface area contributed by atoms with Crippen LogP contribution in [0, 0.1) is 0 Å². The largest absolute Gasteiger partial charge is 0.493 e. The molecule has 2 aromatic heterocycles. The van der Waals surface area contributed by atoms with E-state index in [0.29, 0.717) is 40.9 Å².